The molecule has 0 atom stereocenters. The van der Waals surface area contributed by atoms with Gasteiger partial charge in [-0.25, -0.2) is 9.69 Å². The summed E-state index contributed by atoms with van der Waals surface area (Å²) in [5.74, 6) is -1.16. The molecule has 5 amide bonds. The molecule has 1 fully saturated rings. The molecule has 188 valence electrons. The van der Waals surface area contributed by atoms with Gasteiger partial charge in [0.05, 0.1) is 12.8 Å². The lowest BCUT2D eigenvalue weighted by Gasteiger charge is -2.26. The average molecular weight is 520 g/mol. The largest absolute Gasteiger partial charge is 0.497 e. The van der Waals surface area contributed by atoms with Crippen LogP contribution < -0.4 is 25.0 Å². The maximum Gasteiger partial charge on any atom is 0.335 e. The number of amides is 5. The summed E-state index contributed by atoms with van der Waals surface area (Å²) < 4.78 is 10.8. The monoisotopic (exact) mass is 519 g/mol. The molecule has 0 radical (unpaired) electrons. The molecule has 10 heteroatoms. The standard InChI is InChI=1S/C27H22ClN3O6/c1-16-7-10-19(14-22(16)28)31-26(34)21(25(33)30-27(31)35)13-17-5-3-4-6-23(17)37-15-24(32)29-18-8-11-20(36-2)12-9-18/h3-14H,15H2,1-2H3,(H,29,32)(H,30,33,35)/b21-13+. The van der Waals surface area contributed by atoms with E-state index in [2.05, 4.69) is 10.6 Å². The van der Waals surface area contributed by atoms with Crippen LogP contribution in [0.1, 0.15) is 11.1 Å². The van der Waals surface area contributed by atoms with Crippen LogP contribution >= 0.6 is 11.6 Å². The number of benzene rings is 3. The number of para-hydroxylation sites is 1. The van der Waals surface area contributed by atoms with Gasteiger partial charge in [-0.3, -0.25) is 19.7 Å². The molecule has 1 aliphatic heterocycles. The number of nitrogens with zero attached hydrogens (tertiary/aromatic N) is 1. The molecule has 3 aromatic carbocycles. The Labute approximate surface area is 217 Å². The Bertz CT molecular complexity index is 1420. The number of rotatable bonds is 7. The van der Waals surface area contributed by atoms with Crippen molar-refractivity contribution < 1.29 is 28.7 Å². The Morgan fingerprint density at radius 2 is 1.78 bits per heavy atom. The van der Waals surface area contributed by atoms with Crippen molar-refractivity contribution in [2.45, 2.75) is 6.92 Å². The fourth-order valence-electron chi connectivity index (χ4n) is 3.51. The molecule has 1 aliphatic rings. The van der Waals surface area contributed by atoms with Gasteiger partial charge in [-0.2, -0.15) is 0 Å². The summed E-state index contributed by atoms with van der Waals surface area (Å²) in [4.78, 5) is 51.4. The minimum Gasteiger partial charge on any atom is -0.497 e. The van der Waals surface area contributed by atoms with Crippen LogP contribution in [0.5, 0.6) is 11.5 Å². The van der Waals surface area contributed by atoms with Gasteiger partial charge in [-0.15, -0.1) is 0 Å². The lowest BCUT2D eigenvalue weighted by atomic mass is 10.1. The highest BCUT2D eigenvalue weighted by Crippen LogP contribution is 2.28. The lowest BCUT2D eigenvalue weighted by molar-refractivity contribution is -0.122. The summed E-state index contributed by atoms with van der Waals surface area (Å²) in [5.41, 5.74) is 1.64. The fourth-order valence-corrected chi connectivity index (χ4v) is 3.69. The number of nitrogens with one attached hydrogen (secondary N) is 2. The van der Waals surface area contributed by atoms with Gasteiger partial charge in [-0.1, -0.05) is 35.9 Å². The van der Waals surface area contributed by atoms with E-state index in [-0.39, 0.29) is 23.6 Å². The van der Waals surface area contributed by atoms with Gasteiger partial charge >= 0.3 is 6.03 Å². The Kier molecular flexibility index (Phi) is 7.55. The number of ether oxygens (including phenoxy) is 2. The van der Waals surface area contributed by atoms with Crippen LogP contribution in [-0.2, 0) is 14.4 Å². The first-order chi connectivity index (χ1) is 17.8. The predicted octanol–water partition coefficient (Wildman–Crippen LogP) is 4.34. The summed E-state index contributed by atoms with van der Waals surface area (Å²) in [5, 5.41) is 5.25. The van der Waals surface area contributed by atoms with Crippen molar-refractivity contribution >= 4 is 52.8 Å². The average Bonchev–Trinajstić information content (AvgIpc) is 2.88. The third-order valence-electron chi connectivity index (χ3n) is 5.47. The summed E-state index contributed by atoms with van der Waals surface area (Å²) in [6.07, 6.45) is 1.31. The Hall–Kier alpha value is -4.63. The zero-order valence-corrected chi connectivity index (χ0v) is 20.7. The van der Waals surface area contributed by atoms with Gasteiger partial charge in [0.25, 0.3) is 17.7 Å². The molecule has 0 aliphatic carbocycles. The van der Waals surface area contributed by atoms with Crippen LogP contribution in [0.15, 0.2) is 72.3 Å². The van der Waals surface area contributed by atoms with Crippen LogP contribution in [0, 0.1) is 6.92 Å². The Morgan fingerprint density at radius 1 is 1.05 bits per heavy atom. The molecule has 3 aromatic rings. The minimum atomic E-state index is -0.883. The Balaban J connectivity index is 1.53. The van der Waals surface area contributed by atoms with E-state index in [0.29, 0.717) is 22.0 Å². The van der Waals surface area contributed by atoms with Crippen LogP contribution in [0.2, 0.25) is 5.02 Å². The van der Waals surface area contributed by atoms with E-state index < -0.39 is 23.8 Å². The maximum absolute atomic E-state index is 13.2. The number of halogens is 1. The second kappa shape index (κ2) is 11.0. The number of hydrogen-bond acceptors (Lipinski definition) is 6. The van der Waals surface area contributed by atoms with E-state index in [0.717, 1.165) is 10.5 Å². The molecule has 1 saturated heterocycles. The number of barbiturate groups is 1. The number of carbonyl (C=O) groups is 4. The lowest BCUT2D eigenvalue weighted by Crippen LogP contribution is -2.54. The highest BCUT2D eigenvalue weighted by molar-refractivity contribution is 6.39. The van der Waals surface area contributed by atoms with Gasteiger partial charge in [-0.05, 0) is 61.0 Å². The van der Waals surface area contributed by atoms with Gasteiger partial charge in [0.15, 0.2) is 6.61 Å². The number of imide groups is 2. The molecule has 9 nitrogen and oxygen atoms in total. The van der Waals surface area contributed by atoms with E-state index in [1.807, 2.05) is 0 Å². The molecule has 0 aromatic heterocycles. The van der Waals surface area contributed by atoms with Crippen molar-refractivity contribution in [1.82, 2.24) is 5.32 Å². The van der Waals surface area contributed by atoms with Gasteiger partial charge in [0, 0.05) is 16.3 Å². The van der Waals surface area contributed by atoms with Gasteiger partial charge in [0.1, 0.15) is 17.1 Å². The third-order valence-corrected chi connectivity index (χ3v) is 5.87. The van der Waals surface area contributed by atoms with Crippen LogP contribution in [0.25, 0.3) is 6.08 Å². The molecule has 1 heterocycles. The summed E-state index contributed by atoms with van der Waals surface area (Å²) >= 11 is 6.16. The van der Waals surface area contributed by atoms with Gasteiger partial charge in [0.2, 0.25) is 0 Å². The van der Waals surface area contributed by atoms with Crippen LogP contribution in [-0.4, -0.2) is 37.5 Å². The predicted molar refractivity (Wildman–Crippen MR) is 139 cm³/mol. The quantitative estimate of drug-likeness (QED) is 0.354. The second-order valence-corrected chi connectivity index (χ2v) is 8.40. The van der Waals surface area contributed by atoms with Crippen molar-refractivity contribution in [2.75, 3.05) is 23.9 Å². The normalized spacial score (nSPS) is 14.4. The number of carbonyl (C=O) groups excluding carboxylic acids is 4. The Morgan fingerprint density at radius 3 is 2.49 bits per heavy atom. The van der Waals surface area contributed by atoms with Gasteiger partial charge < -0.3 is 14.8 Å². The topological polar surface area (TPSA) is 114 Å². The SMILES string of the molecule is COc1ccc(NC(=O)COc2ccccc2/C=C2\C(=O)NC(=O)N(c3ccc(C)c(Cl)c3)C2=O)cc1. The smallest absolute Gasteiger partial charge is 0.335 e. The number of aryl methyl sites for hydroxylation is 1. The van der Waals surface area contributed by atoms with E-state index in [1.165, 1.54) is 12.1 Å². The van der Waals surface area contributed by atoms with Crippen molar-refractivity contribution in [3.63, 3.8) is 0 Å². The van der Waals surface area contributed by atoms with Crippen molar-refractivity contribution in [2.24, 2.45) is 0 Å². The molecular formula is C27H22ClN3O6. The first-order valence-corrected chi connectivity index (χ1v) is 11.5. The van der Waals surface area contributed by atoms with E-state index in [9.17, 15) is 19.2 Å². The summed E-state index contributed by atoms with van der Waals surface area (Å²) in [6, 6.07) is 17.2. The first-order valence-electron chi connectivity index (χ1n) is 11.1. The van der Waals surface area contributed by atoms with E-state index in [1.54, 1.807) is 74.7 Å². The second-order valence-electron chi connectivity index (χ2n) is 7.99. The fraction of sp³-hybridized carbons (Fsp3) is 0.111. The number of methoxy groups -OCH3 is 1. The molecule has 0 saturated carbocycles. The molecule has 2 N–H and O–H groups in total. The van der Waals surface area contributed by atoms with Crippen LogP contribution in [0.3, 0.4) is 0 Å². The molecule has 0 spiro atoms. The zero-order valence-electron chi connectivity index (χ0n) is 19.9. The summed E-state index contributed by atoms with van der Waals surface area (Å²) in [6.45, 7) is 1.46. The molecular weight excluding hydrogens is 498 g/mol. The number of hydrogen-bond donors (Lipinski definition) is 2. The highest BCUT2D eigenvalue weighted by atomic mass is 35.5. The van der Waals surface area contributed by atoms with Crippen molar-refractivity contribution in [1.29, 1.82) is 0 Å². The van der Waals surface area contributed by atoms with E-state index in [4.69, 9.17) is 21.1 Å². The van der Waals surface area contributed by atoms with Crippen molar-refractivity contribution in [3.05, 3.63) is 88.5 Å². The molecule has 0 bridgehead atoms. The molecule has 0 unspecified atom stereocenters. The maximum atomic E-state index is 13.2. The number of anilines is 2. The van der Waals surface area contributed by atoms with E-state index >= 15 is 0 Å². The van der Waals surface area contributed by atoms with Crippen molar-refractivity contribution in [3.8, 4) is 11.5 Å². The molecule has 37 heavy (non-hydrogen) atoms. The zero-order chi connectivity index (χ0) is 26.5. The molecule has 4 rings (SSSR count). The first kappa shape index (κ1) is 25.5. The van der Waals surface area contributed by atoms with Crippen LogP contribution in [0.4, 0.5) is 16.2 Å². The highest BCUT2D eigenvalue weighted by Gasteiger charge is 2.37. The third kappa shape index (κ3) is 5.79. The minimum absolute atomic E-state index is 0.219. The summed E-state index contributed by atoms with van der Waals surface area (Å²) in [7, 11) is 1.55. The number of urea groups is 1.